The molecule has 132 valence electrons. The average molecular weight is 370 g/mol. The molecule has 2 amide bonds. The molecule has 2 heterocycles. The molecule has 1 aromatic rings. The summed E-state index contributed by atoms with van der Waals surface area (Å²) in [6.07, 6.45) is 1.63. The van der Waals surface area contributed by atoms with E-state index >= 15 is 0 Å². The van der Waals surface area contributed by atoms with Crippen LogP contribution in [0.15, 0.2) is 22.8 Å². The fourth-order valence-electron chi connectivity index (χ4n) is 2.40. The van der Waals surface area contributed by atoms with Crippen LogP contribution in [-0.2, 0) is 16.0 Å². The predicted molar refractivity (Wildman–Crippen MR) is 98.9 cm³/mol. The standard InChI is InChI=1S/C16H23N3O3S2/c1-16(2)13(17-12(20)10-11-6-5-9-22-11)14(21)19(15(23)24-16)8-7-18(3)4/h5-6,9,13H,7-8,10H2,1-4H3,(H,17,20). The zero-order valence-corrected chi connectivity index (χ0v) is 16.0. The number of thioether (sulfide) groups is 1. The Labute approximate surface area is 151 Å². The molecule has 1 unspecified atom stereocenters. The van der Waals surface area contributed by atoms with Crippen LogP contribution in [0.25, 0.3) is 0 Å². The second-order valence-electron chi connectivity index (χ2n) is 6.52. The zero-order chi connectivity index (χ0) is 17.9. The molecular formula is C16H23N3O3S2. The molecule has 0 spiro atoms. The molecular weight excluding hydrogens is 346 g/mol. The lowest BCUT2D eigenvalue weighted by molar-refractivity contribution is -0.134. The minimum atomic E-state index is -0.626. The van der Waals surface area contributed by atoms with Gasteiger partial charge in [-0.15, -0.1) is 0 Å². The summed E-state index contributed by atoms with van der Waals surface area (Å²) in [5, 5.41) is 2.85. The number of carbonyl (C=O) groups excluding carboxylic acids is 2. The molecule has 2 rings (SSSR count). The highest BCUT2D eigenvalue weighted by Gasteiger charge is 2.46. The van der Waals surface area contributed by atoms with E-state index in [1.807, 2.05) is 32.8 Å². The third kappa shape index (κ3) is 4.58. The molecule has 0 aliphatic carbocycles. The summed E-state index contributed by atoms with van der Waals surface area (Å²) in [6.45, 7) is 5.06. The van der Waals surface area contributed by atoms with Gasteiger partial charge in [0, 0.05) is 17.8 Å². The SMILES string of the molecule is CN(C)CCN1C(=O)C(NC(=O)Cc2ccco2)C(C)(C)SC1=S. The molecule has 8 heteroatoms. The van der Waals surface area contributed by atoms with E-state index in [9.17, 15) is 9.59 Å². The Bertz CT molecular complexity index is 614. The number of amides is 2. The van der Waals surface area contributed by atoms with Crippen molar-refractivity contribution < 1.29 is 14.0 Å². The van der Waals surface area contributed by atoms with Crippen molar-refractivity contribution in [2.75, 3.05) is 27.2 Å². The Kier molecular flexibility index (Phi) is 6.06. The van der Waals surface area contributed by atoms with Crippen molar-refractivity contribution in [3.05, 3.63) is 24.2 Å². The van der Waals surface area contributed by atoms with Gasteiger partial charge in [0.2, 0.25) is 5.91 Å². The normalized spacial score (nSPS) is 20.5. The molecule has 6 nitrogen and oxygen atoms in total. The van der Waals surface area contributed by atoms with Crippen molar-refractivity contribution in [2.24, 2.45) is 0 Å². The monoisotopic (exact) mass is 369 g/mol. The van der Waals surface area contributed by atoms with E-state index in [1.54, 1.807) is 17.0 Å². The van der Waals surface area contributed by atoms with Gasteiger partial charge in [-0.3, -0.25) is 14.5 Å². The Morgan fingerprint density at radius 1 is 1.50 bits per heavy atom. The Hall–Kier alpha value is -1.38. The molecule has 1 fully saturated rings. The molecule has 1 aromatic heterocycles. The summed E-state index contributed by atoms with van der Waals surface area (Å²) in [4.78, 5) is 28.7. The first-order chi connectivity index (χ1) is 11.2. The number of rotatable bonds is 6. The van der Waals surface area contributed by atoms with Gasteiger partial charge in [-0.1, -0.05) is 24.0 Å². The van der Waals surface area contributed by atoms with Crippen molar-refractivity contribution in [3.63, 3.8) is 0 Å². The fraction of sp³-hybridized carbons (Fsp3) is 0.562. The van der Waals surface area contributed by atoms with Crippen molar-refractivity contribution in [1.29, 1.82) is 0 Å². The largest absolute Gasteiger partial charge is 0.469 e. The van der Waals surface area contributed by atoms with Crippen LogP contribution in [0.2, 0.25) is 0 Å². The Morgan fingerprint density at radius 3 is 2.79 bits per heavy atom. The van der Waals surface area contributed by atoms with Gasteiger partial charge in [0.1, 0.15) is 16.1 Å². The predicted octanol–water partition coefficient (Wildman–Crippen LogP) is 1.51. The minimum absolute atomic E-state index is 0.111. The molecule has 1 aliphatic rings. The van der Waals surface area contributed by atoms with E-state index in [0.29, 0.717) is 23.2 Å². The summed E-state index contributed by atoms with van der Waals surface area (Å²) in [5.74, 6) is 0.178. The third-order valence-corrected chi connectivity index (χ3v) is 5.40. The van der Waals surface area contributed by atoms with E-state index in [-0.39, 0.29) is 18.2 Å². The summed E-state index contributed by atoms with van der Waals surface area (Å²) in [5.41, 5.74) is 0. The molecule has 0 saturated carbocycles. The second-order valence-corrected chi connectivity index (χ2v) is 8.81. The summed E-state index contributed by atoms with van der Waals surface area (Å²) in [6, 6.07) is 2.84. The van der Waals surface area contributed by atoms with Crippen LogP contribution < -0.4 is 5.32 Å². The van der Waals surface area contributed by atoms with Gasteiger partial charge in [-0.05, 0) is 40.1 Å². The highest BCUT2D eigenvalue weighted by molar-refractivity contribution is 8.24. The van der Waals surface area contributed by atoms with Crippen LogP contribution in [0.5, 0.6) is 0 Å². The summed E-state index contributed by atoms with van der Waals surface area (Å²) in [7, 11) is 3.88. The van der Waals surface area contributed by atoms with Crippen molar-refractivity contribution in [2.45, 2.75) is 31.1 Å². The lowest BCUT2D eigenvalue weighted by Crippen LogP contribution is -2.63. The first-order valence-corrected chi connectivity index (χ1v) is 8.94. The van der Waals surface area contributed by atoms with Crippen molar-refractivity contribution >= 4 is 40.1 Å². The molecule has 1 aliphatic heterocycles. The van der Waals surface area contributed by atoms with E-state index in [2.05, 4.69) is 5.32 Å². The number of likely N-dealkylation sites (N-methyl/N-ethyl adjacent to an activating group) is 1. The van der Waals surface area contributed by atoms with Crippen LogP contribution in [0.1, 0.15) is 19.6 Å². The molecule has 1 saturated heterocycles. The van der Waals surface area contributed by atoms with Crippen LogP contribution in [0, 0.1) is 0 Å². The topological polar surface area (TPSA) is 65.8 Å². The van der Waals surface area contributed by atoms with Crippen molar-refractivity contribution in [3.8, 4) is 0 Å². The highest BCUT2D eigenvalue weighted by Crippen LogP contribution is 2.36. The lowest BCUT2D eigenvalue weighted by atomic mass is 10.0. The number of hydrogen-bond acceptors (Lipinski definition) is 6. The molecule has 24 heavy (non-hydrogen) atoms. The summed E-state index contributed by atoms with van der Waals surface area (Å²) < 4.78 is 5.25. The summed E-state index contributed by atoms with van der Waals surface area (Å²) >= 11 is 6.83. The third-order valence-electron chi connectivity index (χ3n) is 3.77. The minimum Gasteiger partial charge on any atom is -0.469 e. The quantitative estimate of drug-likeness (QED) is 0.767. The van der Waals surface area contributed by atoms with E-state index in [0.717, 1.165) is 0 Å². The highest BCUT2D eigenvalue weighted by atomic mass is 32.2. The zero-order valence-electron chi connectivity index (χ0n) is 14.4. The van der Waals surface area contributed by atoms with Gasteiger partial charge in [-0.25, -0.2) is 0 Å². The Morgan fingerprint density at radius 2 is 2.21 bits per heavy atom. The number of carbonyl (C=O) groups is 2. The van der Waals surface area contributed by atoms with Crippen LogP contribution in [0.3, 0.4) is 0 Å². The van der Waals surface area contributed by atoms with Crippen LogP contribution in [0.4, 0.5) is 0 Å². The van der Waals surface area contributed by atoms with E-state index < -0.39 is 10.8 Å². The lowest BCUT2D eigenvalue weighted by Gasteiger charge is -2.42. The maximum Gasteiger partial charge on any atom is 0.252 e. The van der Waals surface area contributed by atoms with E-state index in [4.69, 9.17) is 16.6 Å². The maximum absolute atomic E-state index is 12.9. The molecule has 0 aromatic carbocycles. The molecule has 0 radical (unpaired) electrons. The van der Waals surface area contributed by atoms with Gasteiger partial charge in [0.15, 0.2) is 0 Å². The number of nitrogens with one attached hydrogen (secondary N) is 1. The average Bonchev–Trinajstić information content (AvgIpc) is 2.95. The van der Waals surface area contributed by atoms with Gasteiger partial charge < -0.3 is 14.6 Å². The number of thiocarbonyl (C=S) groups is 1. The van der Waals surface area contributed by atoms with Crippen LogP contribution >= 0.6 is 24.0 Å². The smallest absolute Gasteiger partial charge is 0.252 e. The first kappa shape index (κ1) is 19.0. The Balaban J connectivity index is 2.08. The molecule has 1 atom stereocenters. The second kappa shape index (κ2) is 7.67. The van der Waals surface area contributed by atoms with E-state index in [1.165, 1.54) is 18.0 Å². The number of nitrogens with zero attached hydrogens (tertiary/aromatic N) is 2. The number of furan rings is 1. The fourth-order valence-corrected chi connectivity index (χ4v) is 4.25. The van der Waals surface area contributed by atoms with Gasteiger partial charge >= 0.3 is 0 Å². The van der Waals surface area contributed by atoms with Crippen molar-refractivity contribution in [1.82, 2.24) is 15.1 Å². The molecule has 1 N–H and O–H groups in total. The number of hydrogen-bond donors (Lipinski definition) is 1. The first-order valence-electron chi connectivity index (χ1n) is 7.71. The van der Waals surface area contributed by atoms with Gasteiger partial charge in [0.05, 0.1) is 12.7 Å². The van der Waals surface area contributed by atoms with Gasteiger partial charge in [0.25, 0.3) is 5.91 Å². The van der Waals surface area contributed by atoms with Gasteiger partial charge in [-0.2, -0.15) is 0 Å². The maximum atomic E-state index is 12.9. The molecule has 0 bridgehead atoms. The van der Waals surface area contributed by atoms with Crippen LogP contribution in [-0.4, -0.2) is 63.9 Å².